The molecule has 0 aliphatic heterocycles. The molecule has 0 aliphatic rings. The number of nitrogens with one attached hydrogen (secondary N) is 1. The van der Waals surface area contributed by atoms with Gasteiger partial charge in [-0.3, -0.25) is 4.79 Å². The minimum atomic E-state index is 0.119. The van der Waals surface area contributed by atoms with E-state index in [1.165, 1.54) is 10.8 Å². The Morgan fingerprint density at radius 3 is 2.90 bits per heavy atom. The summed E-state index contributed by atoms with van der Waals surface area (Å²) in [4.78, 5) is 11.5. The zero-order valence-electron chi connectivity index (χ0n) is 12.2. The van der Waals surface area contributed by atoms with Gasteiger partial charge in [-0.15, -0.1) is 0 Å². The van der Waals surface area contributed by atoms with Crippen LogP contribution in [0.1, 0.15) is 25.3 Å². The Kier molecular flexibility index (Phi) is 3.91. The van der Waals surface area contributed by atoms with E-state index in [9.17, 15) is 4.79 Å². The predicted octanol–water partition coefficient (Wildman–Crippen LogP) is 4.04. The highest BCUT2D eigenvalue weighted by Crippen LogP contribution is 2.29. The van der Waals surface area contributed by atoms with Crippen LogP contribution in [0.3, 0.4) is 0 Å². The zero-order valence-corrected chi connectivity index (χ0v) is 12.2. The number of hydrogen-bond donors (Lipinski definition) is 1. The number of carbonyl (C=O) groups is 1. The molecule has 0 spiro atoms. The molecule has 0 unspecified atom stereocenters. The van der Waals surface area contributed by atoms with Crippen molar-refractivity contribution >= 4 is 27.6 Å². The Bertz CT molecular complexity index is 773. The summed E-state index contributed by atoms with van der Waals surface area (Å²) in [5.41, 5.74) is 2.07. The van der Waals surface area contributed by atoms with Gasteiger partial charge in [0.15, 0.2) is 0 Å². The topological polar surface area (TPSA) is 42.2 Å². The van der Waals surface area contributed by atoms with E-state index >= 15 is 0 Å². The van der Waals surface area contributed by atoms with E-state index in [0.717, 1.165) is 29.4 Å². The maximum absolute atomic E-state index is 11.5. The average Bonchev–Trinajstić information content (AvgIpc) is 2.97. The zero-order chi connectivity index (χ0) is 14.7. The Hall–Kier alpha value is -2.29. The molecular weight excluding hydrogens is 262 g/mol. The van der Waals surface area contributed by atoms with Crippen molar-refractivity contribution in [3.63, 3.8) is 0 Å². The van der Waals surface area contributed by atoms with Crippen LogP contribution in [-0.2, 0) is 11.2 Å². The minimum Gasteiger partial charge on any atom is -0.464 e. The number of amides is 1. The van der Waals surface area contributed by atoms with Gasteiger partial charge in [-0.1, -0.05) is 31.2 Å². The normalized spacial score (nSPS) is 11.1. The van der Waals surface area contributed by atoms with Crippen LogP contribution in [0.25, 0.3) is 21.7 Å². The van der Waals surface area contributed by atoms with Crippen LogP contribution in [0.5, 0.6) is 0 Å². The molecule has 0 fully saturated rings. The molecule has 2 aromatic carbocycles. The van der Waals surface area contributed by atoms with Gasteiger partial charge in [0.2, 0.25) is 5.91 Å². The van der Waals surface area contributed by atoms with Gasteiger partial charge in [0, 0.05) is 18.4 Å². The molecule has 0 radical (unpaired) electrons. The third-order valence-corrected chi connectivity index (χ3v) is 3.73. The molecular formula is C18H19NO2. The fourth-order valence-corrected chi connectivity index (χ4v) is 2.73. The number of furan rings is 1. The molecule has 1 heterocycles. The van der Waals surface area contributed by atoms with Gasteiger partial charge in [-0.2, -0.15) is 0 Å². The standard InChI is InChI=1S/C18H19NO2/c1-2-5-17(20)19-10-8-14-12-13-6-3-4-7-15(13)16-9-11-21-18(14)16/h3-4,6-7,9,11-12H,2,5,8,10H2,1H3,(H,19,20). The molecule has 1 amide bonds. The first kappa shape index (κ1) is 13.7. The number of benzene rings is 2. The summed E-state index contributed by atoms with van der Waals surface area (Å²) in [7, 11) is 0. The van der Waals surface area contributed by atoms with Crippen LogP contribution in [-0.4, -0.2) is 12.5 Å². The van der Waals surface area contributed by atoms with E-state index in [2.05, 4.69) is 23.5 Å². The molecule has 1 N–H and O–H groups in total. The van der Waals surface area contributed by atoms with Gasteiger partial charge in [0.05, 0.1) is 6.26 Å². The quantitative estimate of drug-likeness (QED) is 0.766. The summed E-state index contributed by atoms with van der Waals surface area (Å²) in [6.45, 7) is 2.66. The maximum Gasteiger partial charge on any atom is 0.219 e. The van der Waals surface area contributed by atoms with E-state index in [-0.39, 0.29) is 5.91 Å². The molecule has 0 saturated carbocycles. The number of fused-ring (bicyclic) bond motifs is 3. The van der Waals surface area contributed by atoms with Gasteiger partial charge < -0.3 is 9.73 Å². The van der Waals surface area contributed by atoms with Gasteiger partial charge in [-0.25, -0.2) is 0 Å². The molecule has 108 valence electrons. The van der Waals surface area contributed by atoms with E-state index < -0.39 is 0 Å². The highest BCUT2D eigenvalue weighted by molar-refractivity contribution is 6.07. The van der Waals surface area contributed by atoms with Crippen molar-refractivity contribution in [2.24, 2.45) is 0 Å². The second-order valence-corrected chi connectivity index (χ2v) is 5.27. The molecule has 3 rings (SSSR count). The van der Waals surface area contributed by atoms with Gasteiger partial charge in [0.1, 0.15) is 5.58 Å². The summed E-state index contributed by atoms with van der Waals surface area (Å²) in [6.07, 6.45) is 3.98. The summed E-state index contributed by atoms with van der Waals surface area (Å²) >= 11 is 0. The second kappa shape index (κ2) is 6.00. The fraction of sp³-hybridized carbons (Fsp3) is 0.278. The van der Waals surface area contributed by atoms with E-state index in [1.807, 2.05) is 25.1 Å². The highest BCUT2D eigenvalue weighted by Gasteiger charge is 2.09. The predicted molar refractivity (Wildman–Crippen MR) is 85.3 cm³/mol. The summed E-state index contributed by atoms with van der Waals surface area (Å²) in [5, 5.41) is 6.52. The lowest BCUT2D eigenvalue weighted by Crippen LogP contribution is -2.25. The van der Waals surface area contributed by atoms with E-state index in [4.69, 9.17) is 4.42 Å². The lowest BCUT2D eigenvalue weighted by molar-refractivity contribution is -0.121. The van der Waals surface area contributed by atoms with Crippen LogP contribution in [0.4, 0.5) is 0 Å². The summed E-state index contributed by atoms with van der Waals surface area (Å²) < 4.78 is 5.65. The lowest BCUT2D eigenvalue weighted by Gasteiger charge is -2.07. The van der Waals surface area contributed by atoms with E-state index in [0.29, 0.717) is 13.0 Å². The fourth-order valence-electron chi connectivity index (χ4n) is 2.73. The number of rotatable bonds is 5. The van der Waals surface area contributed by atoms with Crippen molar-refractivity contribution in [3.05, 3.63) is 48.2 Å². The van der Waals surface area contributed by atoms with Gasteiger partial charge >= 0.3 is 0 Å². The minimum absolute atomic E-state index is 0.119. The molecule has 21 heavy (non-hydrogen) atoms. The Labute approximate surface area is 123 Å². The molecule has 0 bridgehead atoms. The molecule has 1 aromatic heterocycles. The number of carbonyl (C=O) groups excluding carboxylic acids is 1. The SMILES string of the molecule is CCCC(=O)NCCc1cc2ccccc2c2ccoc12. The summed E-state index contributed by atoms with van der Waals surface area (Å²) in [5.74, 6) is 0.119. The Morgan fingerprint density at radius 1 is 1.19 bits per heavy atom. The maximum atomic E-state index is 11.5. The highest BCUT2D eigenvalue weighted by atomic mass is 16.3. The van der Waals surface area contributed by atoms with Crippen LogP contribution >= 0.6 is 0 Å². The van der Waals surface area contributed by atoms with Crippen LogP contribution in [0.15, 0.2) is 47.1 Å². The smallest absolute Gasteiger partial charge is 0.219 e. The van der Waals surface area contributed by atoms with Crippen LogP contribution in [0, 0.1) is 0 Å². The first-order valence-electron chi connectivity index (χ1n) is 7.44. The van der Waals surface area contributed by atoms with Crippen molar-refractivity contribution in [3.8, 4) is 0 Å². The monoisotopic (exact) mass is 281 g/mol. The van der Waals surface area contributed by atoms with Crippen molar-refractivity contribution in [2.75, 3.05) is 6.54 Å². The molecule has 3 aromatic rings. The Balaban J connectivity index is 1.87. The largest absolute Gasteiger partial charge is 0.464 e. The average molecular weight is 281 g/mol. The first-order chi connectivity index (χ1) is 10.3. The third-order valence-electron chi connectivity index (χ3n) is 3.73. The van der Waals surface area contributed by atoms with Crippen molar-refractivity contribution in [1.29, 1.82) is 0 Å². The summed E-state index contributed by atoms with van der Waals surface area (Å²) in [6, 6.07) is 12.5. The molecule has 0 atom stereocenters. The van der Waals surface area contributed by atoms with Gasteiger partial charge in [-0.05, 0) is 41.3 Å². The van der Waals surface area contributed by atoms with Crippen molar-refractivity contribution < 1.29 is 9.21 Å². The van der Waals surface area contributed by atoms with Crippen LogP contribution < -0.4 is 5.32 Å². The van der Waals surface area contributed by atoms with Crippen molar-refractivity contribution in [2.45, 2.75) is 26.2 Å². The second-order valence-electron chi connectivity index (χ2n) is 5.27. The molecule has 0 saturated heterocycles. The Morgan fingerprint density at radius 2 is 2.05 bits per heavy atom. The first-order valence-corrected chi connectivity index (χ1v) is 7.44. The van der Waals surface area contributed by atoms with Gasteiger partial charge in [0.25, 0.3) is 0 Å². The molecule has 3 heteroatoms. The van der Waals surface area contributed by atoms with Crippen LogP contribution in [0.2, 0.25) is 0 Å². The molecule has 0 aliphatic carbocycles. The van der Waals surface area contributed by atoms with E-state index in [1.54, 1.807) is 6.26 Å². The number of hydrogen-bond acceptors (Lipinski definition) is 2. The van der Waals surface area contributed by atoms with Crippen molar-refractivity contribution in [1.82, 2.24) is 5.32 Å². The lowest BCUT2D eigenvalue weighted by atomic mass is 10.0. The third kappa shape index (κ3) is 2.77. The molecule has 3 nitrogen and oxygen atoms in total.